The highest BCUT2D eigenvalue weighted by molar-refractivity contribution is 5.88. The highest BCUT2D eigenvalue weighted by Gasteiger charge is 2.16. The topological polar surface area (TPSA) is 100 Å². The third-order valence-electron chi connectivity index (χ3n) is 7.00. The molecule has 0 atom stereocenters. The third-order valence-corrected chi connectivity index (χ3v) is 7.00. The molecule has 2 aromatic carbocycles. The molecule has 0 spiro atoms. The smallest absolute Gasteiger partial charge is 0.219 e. The van der Waals surface area contributed by atoms with Gasteiger partial charge in [-0.1, -0.05) is 6.07 Å². The maximum Gasteiger partial charge on any atom is 0.219 e. The molecule has 44 heavy (non-hydrogen) atoms. The van der Waals surface area contributed by atoms with Crippen LogP contribution in [-0.4, -0.2) is 66.4 Å². The molecule has 0 aliphatic carbocycles. The highest BCUT2D eigenvalue weighted by atomic mass is 19.1. The molecule has 1 N–H and O–H groups in total. The molecular formula is C33H32FN5O5. The van der Waals surface area contributed by atoms with Gasteiger partial charge >= 0.3 is 0 Å². The van der Waals surface area contributed by atoms with Gasteiger partial charge in [0.05, 0.1) is 32.4 Å². The average Bonchev–Trinajstić information content (AvgIpc) is 3.06. The fourth-order valence-corrected chi connectivity index (χ4v) is 4.79. The van der Waals surface area contributed by atoms with E-state index in [9.17, 15) is 0 Å². The van der Waals surface area contributed by atoms with Gasteiger partial charge in [0, 0.05) is 67.5 Å². The number of methoxy groups -OCH3 is 1. The maximum absolute atomic E-state index is 15.3. The summed E-state index contributed by atoms with van der Waals surface area (Å²) in [5, 5.41) is 3.77. The molecule has 0 unspecified atom stereocenters. The first-order chi connectivity index (χ1) is 21.7. The van der Waals surface area contributed by atoms with Crippen molar-refractivity contribution in [1.82, 2.24) is 19.9 Å². The lowest BCUT2D eigenvalue weighted by Gasteiger charge is -2.26. The summed E-state index contributed by atoms with van der Waals surface area (Å²) in [6.07, 6.45) is 5.74. The first-order valence-electron chi connectivity index (χ1n) is 14.3. The Morgan fingerprint density at radius 2 is 1.70 bits per heavy atom. The van der Waals surface area contributed by atoms with Gasteiger partial charge in [0.1, 0.15) is 5.75 Å². The van der Waals surface area contributed by atoms with E-state index in [1.54, 1.807) is 74.2 Å². The molecule has 3 aromatic heterocycles. The van der Waals surface area contributed by atoms with Crippen molar-refractivity contribution in [2.45, 2.75) is 6.42 Å². The fraction of sp³-hybridized carbons (Fsp3) is 0.242. The Kier molecular flexibility index (Phi) is 9.24. The number of anilines is 2. The van der Waals surface area contributed by atoms with Crippen LogP contribution in [0.15, 0.2) is 85.3 Å². The number of pyridine rings is 3. The second-order valence-electron chi connectivity index (χ2n) is 9.98. The summed E-state index contributed by atoms with van der Waals surface area (Å²) in [4.78, 5) is 15.4. The molecule has 0 saturated carbocycles. The van der Waals surface area contributed by atoms with Crippen LogP contribution in [-0.2, 0) is 4.74 Å². The van der Waals surface area contributed by atoms with Gasteiger partial charge in [-0.15, -0.1) is 0 Å². The van der Waals surface area contributed by atoms with Crippen molar-refractivity contribution < 1.29 is 28.1 Å². The standard InChI is InChI=1S/C33H32FN5O5/c1-40-30-21-24-26(22-31(30)42-17-5-14-39-15-18-41-19-16-39)35-13-10-27(24)43-28-9-8-23(20-25(28)34)38-33-29(6-4-12-37-33)44-32-7-2-3-11-36-32/h2-4,6-13,20-22H,5,14-19H2,1H3,(H,37,38). The van der Waals surface area contributed by atoms with E-state index in [0.29, 0.717) is 57.9 Å². The van der Waals surface area contributed by atoms with Crippen molar-refractivity contribution >= 4 is 22.4 Å². The van der Waals surface area contributed by atoms with Crippen LogP contribution in [0.1, 0.15) is 6.42 Å². The van der Waals surface area contributed by atoms with Gasteiger partial charge in [0.25, 0.3) is 0 Å². The molecule has 11 heteroatoms. The van der Waals surface area contributed by atoms with Gasteiger partial charge in [-0.25, -0.2) is 14.4 Å². The quantitative estimate of drug-likeness (QED) is 0.158. The van der Waals surface area contributed by atoms with Crippen molar-refractivity contribution in [2.75, 3.05) is 51.9 Å². The number of fused-ring (bicyclic) bond motifs is 1. The van der Waals surface area contributed by atoms with Crippen molar-refractivity contribution in [2.24, 2.45) is 0 Å². The molecular weight excluding hydrogens is 565 g/mol. The van der Waals surface area contributed by atoms with Crippen LogP contribution < -0.4 is 24.3 Å². The Morgan fingerprint density at radius 1 is 0.818 bits per heavy atom. The molecule has 0 radical (unpaired) electrons. The minimum absolute atomic E-state index is 0.0523. The van der Waals surface area contributed by atoms with Crippen molar-refractivity contribution in [3.63, 3.8) is 0 Å². The van der Waals surface area contributed by atoms with E-state index in [1.165, 1.54) is 6.07 Å². The number of hydrogen-bond donors (Lipinski definition) is 1. The van der Waals surface area contributed by atoms with Crippen molar-refractivity contribution in [3.8, 4) is 34.6 Å². The normalized spacial score (nSPS) is 13.4. The lowest BCUT2D eigenvalue weighted by molar-refractivity contribution is 0.0357. The number of aromatic nitrogens is 3. The van der Waals surface area contributed by atoms with Crippen LogP contribution >= 0.6 is 0 Å². The van der Waals surface area contributed by atoms with E-state index in [4.69, 9.17) is 23.7 Å². The molecule has 226 valence electrons. The van der Waals surface area contributed by atoms with Gasteiger partial charge in [-0.2, -0.15) is 0 Å². The van der Waals surface area contributed by atoms with E-state index in [2.05, 4.69) is 25.2 Å². The van der Waals surface area contributed by atoms with Gasteiger partial charge in [-0.3, -0.25) is 9.88 Å². The summed E-state index contributed by atoms with van der Waals surface area (Å²) in [5.74, 6) is 2.34. The van der Waals surface area contributed by atoms with E-state index >= 15 is 4.39 Å². The predicted molar refractivity (Wildman–Crippen MR) is 164 cm³/mol. The molecule has 1 aliphatic heterocycles. The minimum Gasteiger partial charge on any atom is -0.493 e. The maximum atomic E-state index is 15.3. The zero-order valence-electron chi connectivity index (χ0n) is 24.2. The molecule has 4 heterocycles. The van der Waals surface area contributed by atoms with Crippen molar-refractivity contribution in [1.29, 1.82) is 0 Å². The van der Waals surface area contributed by atoms with Crippen LogP contribution in [0.2, 0.25) is 0 Å². The van der Waals surface area contributed by atoms with E-state index < -0.39 is 5.82 Å². The van der Waals surface area contributed by atoms with E-state index in [0.717, 1.165) is 39.3 Å². The Balaban J connectivity index is 1.14. The van der Waals surface area contributed by atoms with E-state index in [1.807, 2.05) is 12.1 Å². The number of nitrogens with zero attached hydrogens (tertiary/aromatic N) is 4. The number of morpholine rings is 1. The van der Waals surface area contributed by atoms with Crippen molar-refractivity contribution in [3.05, 3.63) is 91.1 Å². The number of hydrogen-bond acceptors (Lipinski definition) is 10. The predicted octanol–water partition coefficient (Wildman–Crippen LogP) is 6.60. The van der Waals surface area contributed by atoms with Gasteiger partial charge in [0.15, 0.2) is 34.6 Å². The van der Waals surface area contributed by atoms with Crippen LogP contribution in [0.5, 0.6) is 34.6 Å². The second-order valence-corrected chi connectivity index (χ2v) is 9.98. The second kappa shape index (κ2) is 14.0. The molecule has 0 amide bonds. The fourth-order valence-electron chi connectivity index (χ4n) is 4.79. The first kappa shape index (κ1) is 29.1. The highest BCUT2D eigenvalue weighted by Crippen LogP contribution is 2.38. The molecule has 5 aromatic rings. The lowest BCUT2D eigenvalue weighted by atomic mass is 10.1. The summed E-state index contributed by atoms with van der Waals surface area (Å²) < 4.78 is 44.3. The third kappa shape index (κ3) is 7.13. The Labute approximate surface area is 254 Å². The first-order valence-corrected chi connectivity index (χ1v) is 14.3. The summed E-state index contributed by atoms with van der Waals surface area (Å²) in [7, 11) is 1.58. The Morgan fingerprint density at radius 3 is 2.52 bits per heavy atom. The average molecular weight is 598 g/mol. The van der Waals surface area contributed by atoms with Crippen LogP contribution in [0.25, 0.3) is 10.9 Å². The Hall–Kier alpha value is -5.00. The lowest BCUT2D eigenvalue weighted by Crippen LogP contribution is -2.37. The summed E-state index contributed by atoms with van der Waals surface area (Å²) in [5.41, 5.74) is 1.11. The zero-order chi connectivity index (χ0) is 30.1. The monoisotopic (exact) mass is 597 g/mol. The van der Waals surface area contributed by atoms with Gasteiger partial charge < -0.3 is 29.0 Å². The summed E-state index contributed by atoms with van der Waals surface area (Å²) >= 11 is 0. The number of benzene rings is 2. The molecule has 0 bridgehead atoms. The zero-order valence-corrected chi connectivity index (χ0v) is 24.2. The summed E-state index contributed by atoms with van der Waals surface area (Å²) in [6.45, 7) is 4.91. The van der Waals surface area contributed by atoms with Crippen LogP contribution in [0.4, 0.5) is 15.9 Å². The molecule has 1 saturated heterocycles. The van der Waals surface area contributed by atoms with Gasteiger partial charge in [-0.05, 0) is 48.9 Å². The largest absolute Gasteiger partial charge is 0.493 e. The number of rotatable bonds is 12. The van der Waals surface area contributed by atoms with Crippen LogP contribution in [0.3, 0.4) is 0 Å². The molecule has 1 fully saturated rings. The Bertz CT molecular complexity index is 1700. The van der Waals surface area contributed by atoms with Crippen LogP contribution in [0, 0.1) is 5.82 Å². The molecule has 6 rings (SSSR count). The SMILES string of the molecule is COc1cc2c(Oc3ccc(Nc4ncccc4Oc4ccccn4)cc3F)ccnc2cc1OCCCN1CCOCC1. The number of ether oxygens (including phenoxy) is 5. The number of halogens is 1. The summed E-state index contributed by atoms with van der Waals surface area (Å²) in [6, 6.07) is 18.7. The number of nitrogens with one attached hydrogen (secondary N) is 1. The van der Waals surface area contributed by atoms with E-state index in [-0.39, 0.29) is 5.75 Å². The molecule has 1 aliphatic rings. The molecule has 10 nitrogen and oxygen atoms in total. The minimum atomic E-state index is -0.560. The van der Waals surface area contributed by atoms with Gasteiger partial charge in [0.2, 0.25) is 5.88 Å².